The molecule has 1 heterocycles. The van der Waals surface area contributed by atoms with Crippen molar-refractivity contribution in [3.8, 4) is 0 Å². The van der Waals surface area contributed by atoms with E-state index in [0.29, 0.717) is 11.3 Å². The van der Waals surface area contributed by atoms with Gasteiger partial charge in [0.1, 0.15) is 0 Å². The summed E-state index contributed by atoms with van der Waals surface area (Å²) in [5.74, 6) is -0.0815. The first-order valence-corrected chi connectivity index (χ1v) is 6.91. The third kappa shape index (κ3) is 2.65. The van der Waals surface area contributed by atoms with Crippen LogP contribution in [0.4, 0.5) is 11.6 Å². The van der Waals surface area contributed by atoms with Gasteiger partial charge < -0.3 is 5.73 Å². The molecule has 0 unspecified atom stereocenters. The first-order chi connectivity index (χ1) is 8.79. The summed E-state index contributed by atoms with van der Waals surface area (Å²) in [7, 11) is -2.24. The lowest BCUT2D eigenvalue weighted by molar-refractivity contribution is 0.600. The average molecular weight is 282 g/mol. The number of benzene rings is 1. The molecule has 8 nitrogen and oxygen atoms in total. The summed E-state index contributed by atoms with van der Waals surface area (Å²) in [4.78, 5) is 1.27. The van der Waals surface area contributed by atoms with Crippen molar-refractivity contribution in [2.24, 2.45) is 7.05 Å². The van der Waals surface area contributed by atoms with Gasteiger partial charge in [-0.2, -0.15) is 4.80 Å². The first-order valence-electron chi connectivity index (χ1n) is 5.43. The second-order valence-corrected chi connectivity index (χ2v) is 5.84. The summed E-state index contributed by atoms with van der Waals surface area (Å²) in [5.41, 5.74) is 7.45. The minimum Gasteiger partial charge on any atom is -0.398 e. The quantitative estimate of drug-likeness (QED) is 0.777. The zero-order chi connectivity index (χ0) is 14.2. The highest BCUT2D eigenvalue weighted by atomic mass is 32.2. The first kappa shape index (κ1) is 13.3. The lowest BCUT2D eigenvalue weighted by atomic mass is 10.1. The minimum atomic E-state index is -3.78. The second kappa shape index (κ2) is 4.50. The highest BCUT2D eigenvalue weighted by Gasteiger charge is 2.20. The van der Waals surface area contributed by atoms with Gasteiger partial charge in [0.2, 0.25) is 0 Å². The van der Waals surface area contributed by atoms with Gasteiger partial charge in [-0.25, -0.2) is 13.1 Å². The van der Waals surface area contributed by atoms with Gasteiger partial charge in [-0.3, -0.25) is 0 Å². The Hall–Kier alpha value is -2.16. The molecule has 102 valence electrons. The molecule has 0 atom stereocenters. The van der Waals surface area contributed by atoms with Crippen molar-refractivity contribution < 1.29 is 8.42 Å². The number of nitrogen functional groups attached to an aromatic ring is 1. The van der Waals surface area contributed by atoms with E-state index in [1.807, 2.05) is 0 Å². The number of sulfonamides is 1. The van der Waals surface area contributed by atoms with Crippen LogP contribution in [0.3, 0.4) is 0 Å². The van der Waals surface area contributed by atoms with Crippen LogP contribution < -0.4 is 10.5 Å². The molecule has 0 aliphatic carbocycles. The van der Waals surface area contributed by atoms with Crippen LogP contribution >= 0.6 is 0 Å². The normalized spacial score (nSPS) is 11.5. The molecule has 0 aliphatic heterocycles. The van der Waals surface area contributed by atoms with Gasteiger partial charge in [-0.05, 0) is 42.3 Å². The van der Waals surface area contributed by atoms with E-state index in [4.69, 9.17) is 5.73 Å². The summed E-state index contributed by atoms with van der Waals surface area (Å²) in [6.07, 6.45) is 0. The lowest BCUT2D eigenvalue weighted by Gasteiger charge is -2.10. The fourth-order valence-electron chi connectivity index (χ4n) is 1.63. The predicted molar refractivity (Wildman–Crippen MR) is 69.9 cm³/mol. The van der Waals surface area contributed by atoms with Crippen molar-refractivity contribution in [1.82, 2.24) is 20.2 Å². The van der Waals surface area contributed by atoms with Crippen LogP contribution in [-0.2, 0) is 17.1 Å². The number of nitrogens with two attached hydrogens (primary N) is 1. The molecule has 2 aromatic rings. The number of tetrazole rings is 1. The largest absolute Gasteiger partial charge is 0.398 e. The SMILES string of the molecule is Cc1cc(N)c(C)c(S(=O)(=O)Nc2nnn(C)n2)c1. The molecule has 3 N–H and O–H groups in total. The summed E-state index contributed by atoms with van der Waals surface area (Å²) >= 11 is 0. The molecule has 0 fully saturated rings. The molecule has 19 heavy (non-hydrogen) atoms. The van der Waals surface area contributed by atoms with Gasteiger partial charge in [0, 0.05) is 5.69 Å². The predicted octanol–water partition coefficient (Wildman–Crippen LogP) is 0.210. The summed E-state index contributed by atoms with van der Waals surface area (Å²) in [5, 5.41) is 10.9. The van der Waals surface area contributed by atoms with Crippen LogP contribution in [0.2, 0.25) is 0 Å². The van der Waals surface area contributed by atoms with E-state index in [9.17, 15) is 8.42 Å². The van der Waals surface area contributed by atoms with Gasteiger partial charge in [0.15, 0.2) is 0 Å². The van der Waals surface area contributed by atoms with Gasteiger partial charge in [-0.15, -0.1) is 5.10 Å². The van der Waals surface area contributed by atoms with E-state index in [1.54, 1.807) is 33.0 Å². The third-order valence-corrected chi connectivity index (χ3v) is 4.02. The van der Waals surface area contributed by atoms with Crippen LogP contribution in [0.15, 0.2) is 17.0 Å². The molecule has 0 spiro atoms. The maximum Gasteiger partial charge on any atom is 0.277 e. The Balaban J connectivity index is 2.45. The summed E-state index contributed by atoms with van der Waals surface area (Å²) < 4.78 is 26.8. The molecule has 0 aliphatic rings. The van der Waals surface area contributed by atoms with E-state index in [2.05, 4.69) is 20.1 Å². The molecule has 0 saturated heterocycles. The number of rotatable bonds is 3. The van der Waals surface area contributed by atoms with Crippen molar-refractivity contribution >= 4 is 21.7 Å². The van der Waals surface area contributed by atoms with Gasteiger partial charge in [-0.1, -0.05) is 5.10 Å². The van der Waals surface area contributed by atoms with Crippen LogP contribution in [0.5, 0.6) is 0 Å². The second-order valence-electron chi connectivity index (χ2n) is 4.19. The molecule has 9 heteroatoms. The Kier molecular flexibility index (Phi) is 3.14. The standard InChI is InChI=1S/C10H14N6O2S/c1-6-4-8(11)7(2)9(5-6)19(17,18)14-10-12-15-16(3)13-10/h4-5H,11H2,1-3H3,(H,13,14). The molecule has 0 amide bonds. The van der Waals surface area contributed by atoms with Gasteiger partial charge >= 0.3 is 0 Å². The van der Waals surface area contributed by atoms with E-state index < -0.39 is 10.0 Å². The van der Waals surface area contributed by atoms with Gasteiger partial charge in [0.25, 0.3) is 16.0 Å². The number of nitrogens with zero attached hydrogens (tertiary/aromatic N) is 4. The number of hydrogen-bond acceptors (Lipinski definition) is 6. The van der Waals surface area contributed by atoms with Crippen molar-refractivity contribution in [2.45, 2.75) is 18.7 Å². The average Bonchev–Trinajstić information content (AvgIpc) is 2.68. The molecule has 1 aromatic heterocycles. The number of aryl methyl sites for hydroxylation is 2. The van der Waals surface area contributed by atoms with Crippen molar-refractivity contribution in [3.63, 3.8) is 0 Å². The number of hydrogen-bond donors (Lipinski definition) is 2. The van der Waals surface area contributed by atoms with Crippen LogP contribution in [0.1, 0.15) is 11.1 Å². The van der Waals surface area contributed by atoms with E-state index in [-0.39, 0.29) is 10.8 Å². The van der Waals surface area contributed by atoms with Crippen molar-refractivity contribution in [1.29, 1.82) is 0 Å². The molecule has 0 saturated carbocycles. The molecule has 0 radical (unpaired) electrons. The lowest BCUT2D eigenvalue weighted by Crippen LogP contribution is -2.16. The summed E-state index contributed by atoms with van der Waals surface area (Å²) in [6.45, 7) is 3.42. The molecular weight excluding hydrogens is 268 g/mol. The van der Waals surface area contributed by atoms with E-state index in [1.165, 1.54) is 0 Å². The summed E-state index contributed by atoms with van der Waals surface area (Å²) in [6, 6.07) is 3.26. The zero-order valence-corrected chi connectivity index (χ0v) is 11.6. The van der Waals surface area contributed by atoms with E-state index >= 15 is 0 Å². The highest BCUT2D eigenvalue weighted by Crippen LogP contribution is 2.24. The Morgan fingerprint density at radius 2 is 2.00 bits per heavy atom. The highest BCUT2D eigenvalue weighted by molar-refractivity contribution is 7.92. The molecule has 0 bridgehead atoms. The molecular formula is C10H14N6O2S. The monoisotopic (exact) mass is 282 g/mol. The number of nitrogens with one attached hydrogen (secondary N) is 1. The smallest absolute Gasteiger partial charge is 0.277 e. The Labute approximate surface area is 110 Å². The van der Waals surface area contributed by atoms with Crippen LogP contribution in [0, 0.1) is 13.8 Å². The fourth-order valence-corrected chi connectivity index (χ4v) is 2.93. The Morgan fingerprint density at radius 1 is 1.32 bits per heavy atom. The Bertz CT molecular complexity index is 722. The van der Waals surface area contributed by atoms with Crippen molar-refractivity contribution in [2.75, 3.05) is 10.5 Å². The molecule has 2 rings (SSSR count). The zero-order valence-electron chi connectivity index (χ0n) is 10.7. The maximum absolute atomic E-state index is 12.3. The fraction of sp³-hybridized carbons (Fsp3) is 0.300. The number of aromatic nitrogens is 4. The van der Waals surface area contributed by atoms with Crippen LogP contribution in [0.25, 0.3) is 0 Å². The third-order valence-electron chi connectivity index (χ3n) is 2.57. The Morgan fingerprint density at radius 3 is 2.58 bits per heavy atom. The van der Waals surface area contributed by atoms with Gasteiger partial charge in [0.05, 0.1) is 11.9 Å². The van der Waals surface area contributed by atoms with Crippen molar-refractivity contribution in [3.05, 3.63) is 23.3 Å². The maximum atomic E-state index is 12.3. The van der Waals surface area contributed by atoms with E-state index in [0.717, 1.165) is 10.4 Å². The molecule has 1 aromatic carbocycles. The van der Waals surface area contributed by atoms with Crippen LogP contribution in [-0.4, -0.2) is 28.6 Å². The topological polar surface area (TPSA) is 116 Å². The minimum absolute atomic E-state index is 0.0815. The number of anilines is 2.